The fourth-order valence-corrected chi connectivity index (χ4v) is 3.65. The average Bonchev–Trinajstić information content (AvgIpc) is 2.75. The Balaban J connectivity index is 1.75. The number of aromatic nitrogens is 1. The molecular formula is C10H15N3O3S2. The molecule has 0 radical (unpaired) electrons. The minimum atomic E-state index is -2.96. The Morgan fingerprint density at radius 3 is 2.89 bits per heavy atom. The molecule has 0 spiro atoms. The Labute approximate surface area is 110 Å². The third kappa shape index (κ3) is 3.06. The standard InChI is InChI=1S/C10H15N3O3S2/c1-2-18(15,16)8-5-13(6-8)7-9(14)12-10-11-3-4-17-10/h3-4,8H,2,5-7H2,1H3,(H,11,12,14). The molecule has 6 nitrogen and oxygen atoms in total. The second kappa shape index (κ2) is 5.33. The molecule has 1 N–H and O–H groups in total. The lowest BCUT2D eigenvalue weighted by Crippen LogP contribution is -2.56. The van der Waals surface area contributed by atoms with Crippen molar-refractivity contribution in [3.8, 4) is 0 Å². The SMILES string of the molecule is CCS(=O)(=O)C1CN(CC(=O)Nc2nccs2)C1. The largest absolute Gasteiger partial charge is 0.301 e. The zero-order valence-corrected chi connectivity index (χ0v) is 11.6. The Hall–Kier alpha value is -0.990. The van der Waals surface area contributed by atoms with E-state index in [0.29, 0.717) is 18.2 Å². The first-order valence-electron chi connectivity index (χ1n) is 5.64. The molecular weight excluding hydrogens is 274 g/mol. The zero-order chi connectivity index (χ0) is 13.2. The van der Waals surface area contributed by atoms with Crippen LogP contribution in [0.3, 0.4) is 0 Å². The highest BCUT2D eigenvalue weighted by Crippen LogP contribution is 2.17. The molecule has 0 unspecified atom stereocenters. The molecule has 1 aliphatic heterocycles. The number of carbonyl (C=O) groups is 1. The number of hydrogen-bond acceptors (Lipinski definition) is 6. The van der Waals surface area contributed by atoms with Gasteiger partial charge in [-0.3, -0.25) is 9.69 Å². The van der Waals surface area contributed by atoms with E-state index in [4.69, 9.17) is 0 Å². The van der Waals surface area contributed by atoms with E-state index < -0.39 is 9.84 Å². The van der Waals surface area contributed by atoms with Gasteiger partial charge in [-0.1, -0.05) is 6.92 Å². The number of likely N-dealkylation sites (tertiary alicyclic amines) is 1. The molecule has 2 heterocycles. The molecule has 100 valence electrons. The molecule has 0 atom stereocenters. The Bertz CT molecular complexity index is 506. The van der Waals surface area contributed by atoms with Crippen LogP contribution in [0, 0.1) is 0 Å². The fourth-order valence-electron chi connectivity index (χ4n) is 1.76. The number of thiazole rings is 1. The van der Waals surface area contributed by atoms with Crippen LogP contribution in [-0.2, 0) is 14.6 Å². The number of nitrogens with one attached hydrogen (secondary N) is 1. The molecule has 0 saturated carbocycles. The predicted octanol–water partition coefficient (Wildman–Crippen LogP) is 0.200. The molecule has 0 aliphatic carbocycles. The van der Waals surface area contributed by atoms with E-state index in [1.165, 1.54) is 11.3 Å². The van der Waals surface area contributed by atoms with E-state index in [1.54, 1.807) is 18.5 Å². The summed E-state index contributed by atoms with van der Waals surface area (Å²) in [6.45, 7) is 2.76. The second-order valence-electron chi connectivity index (χ2n) is 4.15. The number of amides is 1. The summed E-state index contributed by atoms with van der Waals surface area (Å²) in [6, 6.07) is 0. The molecule has 1 saturated heterocycles. The molecule has 2 rings (SSSR count). The quantitative estimate of drug-likeness (QED) is 0.837. The third-order valence-corrected chi connectivity index (χ3v) is 5.69. The van der Waals surface area contributed by atoms with Crippen LogP contribution < -0.4 is 5.32 Å². The maximum atomic E-state index is 11.6. The summed E-state index contributed by atoms with van der Waals surface area (Å²) in [6.07, 6.45) is 1.62. The molecule has 1 amide bonds. The van der Waals surface area contributed by atoms with E-state index >= 15 is 0 Å². The lowest BCUT2D eigenvalue weighted by atomic mass is 10.2. The maximum absolute atomic E-state index is 11.6. The van der Waals surface area contributed by atoms with Crippen molar-refractivity contribution in [2.45, 2.75) is 12.2 Å². The van der Waals surface area contributed by atoms with Gasteiger partial charge in [0.05, 0.1) is 11.8 Å². The highest BCUT2D eigenvalue weighted by Gasteiger charge is 2.36. The lowest BCUT2D eigenvalue weighted by Gasteiger charge is -2.37. The Morgan fingerprint density at radius 2 is 2.33 bits per heavy atom. The van der Waals surface area contributed by atoms with Crippen LogP contribution in [0.1, 0.15) is 6.92 Å². The van der Waals surface area contributed by atoms with Gasteiger partial charge in [0, 0.05) is 30.4 Å². The number of carbonyl (C=O) groups excluding carboxylic acids is 1. The lowest BCUT2D eigenvalue weighted by molar-refractivity contribution is -0.118. The molecule has 8 heteroatoms. The summed E-state index contributed by atoms with van der Waals surface area (Å²) >= 11 is 1.35. The van der Waals surface area contributed by atoms with Gasteiger partial charge in [0.1, 0.15) is 0 Å². The second-order valence-corrected chi connectivity index (χ2v) is 7.62. The van der Waals surface area contributed by atoms with Gasteiger partial charge >= 0.3 is 0 Å². The molecule has 1 aromatic heterocycles. The van der Waals surface area contributed by atoms with Crippen LogP contribution in [0.25, 0.3) is 0 Å². The van der Waals surface area contributed by atoms with Gasteiger partial charge in [-0.2, -0.15) is 0 Å². The van der Waals surface area contributed by atoms with Crippen LogP contribution >= 0.6 is 11.3 Å². The Morgan fingerprint density at radius 1 is 1.61 bits per heavy atom. The topological polar surface area (TPSA) is 79.4 Å². The maximum Gasteiger partial charge on any atom is 0.240 e. The summed E-state index contributed by atoms with van der Waals surface area (Å²) < 4.78 is 23.1. The first kappa shape index (κ1) is 13.4. The van der Waals surface area contributed by atoms with Crippen molar-refractivity contribution in [2.24, 2.45) is 0 Å². The van der Waals surface area contributed by atoms with Crippen molar-refractivity contribution in [1.29, 1.82) is 0 Å². The van der Waals surface area contributed by atoms with E-state index in [1.807, 2.05) is 4.90 Å². The highest BCUT2D eigenvalue weighted by atomic mass is 32.2. The number of hydrogen-bond donors (Lipinski definition) is 1. The molecule has 18 heavy (non-hydrogen) atoms. The highest BCUT2D eigenvalue weighted by molar-refractivity contribution is 7.92. The van der Waals surface area contributed by atoms with Gasteiger partial charge < -0.3 is 5.32 Å². The predicted molar refractivity (Wildman–Crippen MR) is 70.4 cm³/mol. The Kier molecular flexibility index (Phi) is 3.98. The van der Waals surface area contributed by atoms with Crippen LogP contribution in [0.2, 0.25) is 0 Å². The minimum absolute atomic E-state index is 0.155. The summed E-state index contributed by atoms with van der Waals surface area (Å²) in [7, 11) is -2.96. The van der Waals surface area contributed by atoms with Gasteiger partial charge in [-0.05, 0) is 0 Å². The van der Waals surface area contributed by atoms with Gasteiger partial charge in [-0.25, -0.2) is 13.4 Å². The van der Waals surface area contributed by atoms with Crippen molar-refractivity contribution in [2.75, 3.05) is 30.7 Å². The van der Waals surface area contributed by atoms with E-state index in [9.17, 15) is 13.2 Å². The molecule has 1 fully saturated rings. The number of nitrogens with zero attached hydrogens (tertiary/aromatic N) is 2. The first-order valence-corrected chi connectivity index (χ1v) is 8.24. The van der Waals surface area contributed by atoms with Gasteiger partial charge in [0.25, 0.3) is 0 Å². The summed E-state index contributed by atoms with van der Waals surface area (Å²) in [5.74, 6) is 0.00823. The smallest absolute Gasteiger partial charge is 0.240 e. The van der Waals surface area contributed by atoms with Gasteiger partial charge in [0.15, 0.2) is 15.0 Å². The normalized spacial score (nSPS) is 17.4. The monoisotopic (exact) mass is 289 g/mol. The summed E-state index contributed by atoms with van der Waals surface area (Å²) in [5.41, 5.74) is 0. The van der Waals surface area contributed by atoms with Crippen molar-refractivity contribution in [1.82, 2.24) is 9.88 Å². The van der Waals surface area contributed by atoms with Crippen molar-refractivity contribution >= 4 is 32.2 Å². The first-order chi connectivity index (χ1) is 8.51. The summed E-state index contributed by atoms with van der Waals surface area (Å²) in [4.78, 5) is 17.4. The van der Waals surface area contributed by atoms with Crippen molar-refractivity contribution in [3.63, 3.8) is 0 Å². The molecule has 1 aromatic rings. The van der Waals surface area contributed by atoms with E-state index in [2.05, 4.69) is 10.3 Å². The third-order valence-electron chi connectivity index (χ3n) is 2.88. The van der Waals surface area contributed by atoms with Crippen LogP contribution in [0.15, 0.2) is 11.6 Å². The van der Waals surface area contributed by atoms with Crippen LogP contribution in [0.5, 0.6) is 0 Å². The van der Waals surface area contributed by atoms with Crippen LogP contribution in [0.4, 0.5) is 5.13 Å². The van der Waals surface area contributed by atoms with E-state index in [-0.39, 0.29) is 23.5 Å². The number of sulfone groups is 1. The van der Waals surface area contributed by atoms with Crippen molar-refractivity contribution in [3.05, 3.63) is 11.6 Å². The summed E-state index contributed by atoms with van der Waals surface area (Å²) in [5, 5.41) is 4.70. The number of anilines is 1. The van der Waals surface area contributed by atoms with Crippen molar-refractivity contribution < 1.29 is 13.2 Å². The average molecular weight is 289 g/mol. The van der Waals surface area contributed by atoms with Crippen LogP contribution in [-0.4, -0.2) is 54.8 Å². The van der Waals surface area contributed by atoms with Gasteiger partial charge in [-0.15, -0.1) is 11.3 Å². The fraction of sp³-hybridized carbons (Fsp3) is 0.600. The molecule has 0 aromatic carbocycles. The zero-order valence-electron chi connectivity index (χ0n) is 10.00. The van der Waals surface area contributed by atoms with Gasteiger partial charge in [0.2, 0.25) is 5.91 Å². The molecule has 1 aliphatic rings. The minimum Gasteiger partial charge on any atom is -0.301 e. The van der Waals surface area contributed by atoms with E-state index in [0.717, 1.165) is 0 Å². The number of rotatable bonds is 5. The molecule has 0 bridgehead atoms.